The normalized spacial score (nSPS) is 19.9. The van der Waals surface area contributed by atoms with Crippen LogP contribution >= 0.6 is 0 Å². The van der Waals surface area contributed by atoms with Gasteiger partial charge in [0.2, 0.25) is 10.0 Å². The average molecular weight is 277 g/mol. The van der Waals surface area contributed by atoms with Gasteiger partial charge in [-0.15, -0.1) is 0 Å². The maximum absolute atomic E-state index is 11.9. The van der Waals surface area contributed by atoms with Crippen LogP contribution in [0.4, 0.5) is 0 Å². The predicted molar refractivity (Wildman–Crippen MR) is 69.8 cm³/mol. The smallest absolute Gasteiger partial charge is 0.321 e. The third kappa shape index (κ3) is 4.94. The van der Waals surface area contributed by atoms with Crippen LogP contribution in [0.5, 0.6) is 0 Å². The van der Waals surface area contributed by atoms with Crippen molar-refractivity contribution in [1.29, 1.82) is 0 Å². The van der Waals surface area contributed by atoms with Gasteiger partial charge in [-0.25, -0.2) is 13.1 Å². The van der Waals surface area contributed by atoms with Gasteiger partial charge in [-0.3, -0.25) is 4.79 Å². The Balaban J connectivity index is 2.59. The zero-order chi connectivity index (χ0) is 13.8. The van der Waals surface area contributed by atoms with Crippen molar-refractivity contribution < 1.29 is 18.3 Å². The van der Waals surface area contributed by atoms with E-state index in [0.717, 1.165) is 25.7 Å². The van der Waals surface area contributed by atoms with Crippen molar-refractivity contribution in [3.8, 4) is 0 Å². The number of hydrogen-bond acceptors (Lipinski definition) is 3. The maximum atomic E-state index is 11.9. The molecule has 1 unspecified atom stereocenters. The number of sulfonamides is 1. The van der Waals surface area contributed by atoms with Crippen LogP contribution in [0.25, 0.3) is 0 Å². The summed E-state index contributed by atoms with van der Waals surface area (Å²) in [5.41, 5.74) is 0. The van der Waals surface area contributed by atoms with Gasteiger partial charge in [0.05, 0.1) is 5.75 Å². The van der Waals surface area contributed by atoms with E-state index in [0.29, 0.717) is 0 Å². The predicted octanol–water partition coefficient (Wildman–Crippen LogP) is 1.60. The summed E-state index contributed by atoms with van der Waals surface area (Å²) in [5.74, 6) is -1.14. The van der Waals surface area contributed by atoms with Gasteiger partial charge in [0.1, 0.15) is 6.04 Å². The summed E-state index contributed by atoms with van der Waals surface area (Å²) < 4.78 is 26.2. The molecule has 0 saturated heterocycles. The van der Waals surface area contributed by atoms with Gasteiger partial charge in [0.15, 0.2) is 0 Å². The van der Waals surface area contributed by atoms with Crippen molar-refractivity contribution in [2.45, 2.75) is 52.0 Å². The number of nitrogens with one attached hydrogen (secondary N) is 1. The van der Waals surface area contributed by atoms with Gasteiger partial charge in [0, 0.05) is 0 Å². The highest BCUT2D eigenvalue weighted by Crippen LogP contribution is 2.24. The molecule has 5 nitrogen and oxygen atoms in total. The van der Waals surface area contributed by atoms with Crippen LogP contribution < -0.4 is 4.72 Å². The van der Waals surface area contributed by atoms with E-state index >= 15 is 0 Å². The fourth-order valence-electron chi connectivity index (χ4n) is 2.38. The Bertz CT molecular complexity index is 372. The number of aliphatic carboxylic acids is 1. The van der Waals surface area contributed by atoms with Crippen molar-refractivity contribution >= 4 is 16.0 Å². The third-order valence-electron chi connectivity index (χ3n) is 3.42. The molecule has 0 bridgehead atoms. The molecule has 0 aromatic carbocycles. The lowest BCUT2D eigenvalue weighted by molar-refractivity contribution is -0.140. The van der Waals surface area contributed by atoms with Crippen LogP contribution in [-0.2, 0) is 14.8 Å². The molecule has 0 heterocycles. The molecule has 0 amide bonds. The summed E-state index contributed by atoms with van der Waals surface area (Å²) in [6.07, 6.45) is 5.19. The number of carboxylic acid groups (broad SMARTS) is 1. The van der Waals surface area contributed by atoms with Crippen molar-refractivity contribution in [2.24, 2.45) is 11.8 Å². The molecular formula is C12H23NO4S. The summed E-state index contributed by atoms with van der Waals surface area (Å²) in [5, 5.41) is 8.99. The van der Waals surface area contributed by atoms with Gasteiger partial charge >= 0.3 is 5.97 Å². The first-order valence-electron chi connectivity index (χ1n) is 6.54. The van der Waals surface area contributed by atoms with Crippen molar-refractivity contribution in [2.75, 3.05) is 5.75 Å². The zero-order valence-electron chi connectivity index (χ0n) is 11.1. The zero-order valence-corrected chi connectivity index (χ0v) is 11.9. The number of rotatable bonds is 6. The summed E-state index contributed by atoms with van der Waals surface area (Å²) in [7, 11) is -3.50. The second-order valence-electron chi connectivity index (χ2n) is 5.46. The number of hydrogen-bond donors (Lipinski definition) is 2. The van der Waals surface area contributed by atoms with Gasteiger partial charge in [-0.2, -0.15) is 0 Å². The first kappa shape index (κ1) is 15.4. The van der Waals surface area contributed by atoms with Crippen molar-refractivity contribution in [3.05, 3.63) is 0 Å². The summed E-state index contributed by atoms with van der Waals surface area (Å²) in [6.45, 7) is 3.39. The minimum absolute atomic E-state index is 0.0590. The van der Waals surface area contributed by atoms with Crippen LogP contribution in [-0.4, -0.2) is 31.3 Å². The van der Waals surface area contributed by atoms with E-state index in [1.54, 1.807) is 13.8 Å². The van der Waals surface area contributed by atoms with E-state index in [-0.39, 0.29) is 17.6 Å². The van der Waals surface area contributed by atoms with Crippen LogP contribution in [0.2, 0.25) is 0 Å². The molecule has 0 aromatic rings. The Kier molecular flexibility index (Phi) is 5.59. The highest BCUT2D eigenvalue weighted by molar-refractivity contribution is 7.89. The topological polar surface area (TPSA) is 83.5 Å². The standard InChI is InChI=1S/C12H23NO4S/c1-9(2)11(12(14)15)13-18(16,17)8-10-6-4-3-5-7-10/h9-11,13H,3-8H2,1-2H3,(H,14,15). The molecule has 6 heteroatoms. The second kappa shape index (κ2) is 6.52. The van der Waals surface area contributed by atoms with Crippen LogP contribution in [0.15, 0.2) is 0 Å². The molecule has 0 aromatic heterocycles. The fourth-order valence-corrected chi connectivity index (χ4v) is 4.19. The molecule has 1 rings (SSSR count). The molecule has 0 aliphatic heterocycles. The third-order valence-corrected chi connectivity index (χ3v) is 4.94. The quantitative estimate of drug-likeness (QED) is 0.772. The Hall–Kier alpha value is -0.620. The molecule has 1 aliphatic rings. The van der Waals surface area contributed by atoms with E-state index in [1.165, 1.54) is 6.42 Å². The highest BCUT2D eigenvalue weighted by Gasteiger charge is 2.29. The monoisotopic (exact) mass is 277 g/mol. The minimum Gasteiger partial charge on any atom is -0.480 e. The lowest BCUT2D eigenvalue weighted by atomic mass is 9.91. The van der Waals surface area contributed by atoms with Gasteiger partial charge < -0.3 is 5.11 Å². The Morgan fingerprint density at radius 3 is 2.28 bits per heavy atom. The summed E-state index contributed by atoms with van der Waals surface area (Å²) in [4.78, 5) is 11.0. The van der Waals surface area contributed by atoms with Gasteiger partial charge in [-0.1, -0.05) is 33.1 Å². The molecular weight excluding hydrogens is 254 g/mol. The van der Waals surface area contributed by atoms with Crippen LogP contribution in [0.1, 0.15) is 46.0 Å². The Morgan fingerprint density at radius 1 is 1.28 bits per heavy atom. The maximum Gasteiger partial charge on any atom is 0.321 e. The second-order valence-corrected chi connectivity index (χ2v) is 7.26. The average Bonchev–Trinajstić information content (AvgIpc) is 2.26. The lowest BCUT2D eigenvalue weighted by Gasteiger charge is -2.23. The first-order chi connectivity index (χ1) is 8.32. The number of carbonyl (C=O) groups is 1. The minimum atomic E-state index is -3.50. The molecule has 1 saturated carbocycles. The molecule has 1 aliphatic carbocycles. The molecule has 1 fully saturated rings. The van der Waals surface area contributed by atoms with E-state index in [9.17, 15) is 13.2 Å². The summed E-state index contributed by atoms with van der Waals surface area (Å²) in [6, 6.07) is -1.03. The molecule has 18 heavy (non-hydrogen) atoms. The largest absolute Gasteiger partial charge is 0.480 e. The van der Waals surface area contributed by atoms with Crippen molar-refractivity contribution in [1.82, 2.24) is 4.72 Å². The molecule has 1 atom stereocenters. The van der Waals surface area contributed by atoms with Gasteiger partial charge in [-0.05, 0) is 24.7 Å². The van der Waals surface area contributed by atoms with E-state index in [2.05, 4.69) is 4.72 Å². The summed E-state index contributed by atoms with van der Waals surface area (Å²) >= 11 is 0. The Morgan fingerprint density at radius 2 is 1.83 bits per heavy atom. The van der Waals surface area contributed by atoms with E-state index in [1.807, 2.05) is 0 Å². The van der Waals surface area contributed by atoms with Crippen LogP contribution in [0, 0.1) is 11.8 Å². The molecule has 106 valence electrons. The number of carboxylic acids is 1. The fraction of sp³-hybridized carbons (Fsp3) is 0.917. The molecule has 0 spiro atoms. The molecule has 0 radical (unpaired) electrons. The molecule has 2 N–H and O–H groups in total. The SMILES string of the molecule is CC(C)C(NS(=O)(=O)CC1CCCCC1)C(=O)O. The first-order valence-corrected chi connectivity index (χ1v) is 8.20. The van der Waals surface area contributed by atoms with E-state index < -0.39 is 22.0 Å². The van der Waals surface area contributed by atoms with Gasteiger partial charge in [0.25, 0.3) is 0 Å². The van der Waals surface area contributed by atoms with Crippen LogP contribution in [0.3, 0.4) is 0 Å². The van der Waals surface area contributed by atoms with E-state index in [4.69, 9.17) is 5.11 Å². The highest BCUT2D eigenvalue weighted by atomic mass is 32.2. The lowest BCUT2D eigenvalue weighted by Crippen LogP contribution is -2.46. The van der Waals surface area contributed by atoms with Crippen molar-refractivity contribution in [3.63, 3.8) is 0 Å². The Labute approximate surface area is 109 Å².